The molecule has 0 heterocycles. The first-order chi connectivity index (χ1) is 11.3. The summed E-state index contributed by atoms with van der Waals surface area (Å²) in [6.07, 6.45) is 7.74. The molecule has 3 nitrogen and oxygen atoms in total. The van der Waals surface area contributed by atoms with E-state index in [1.54, 1.807) is 0 Å². The molecule has 0 spiro atoms. The smallest absolute Gasteiger partial charge is 0.189 e. The summed E-state index contributed by atoms with van der Waals surface area (Å²) in [5, 5.41) is 3.63. The van der Waals surface area contributed by atoms with Crippen LogP contribution >= 0.6 is 0 Å². The van der Waals surface area contributed by atoms with E-state index in [1.807, 2.05) is 0 Å². The second kappa shape index (κ2) is 8.58. The molecule has 3 heteroatoms. The molecule has 3 N–H and O–H groups in total. The first-order valence-electron chi connectivity index (χ1n) is 10.4. The molecule has 24 heavy (non-hydrogen) atoms. The van der Waals surface area contributed by atoms with Crippen LogP contribution in [0.3, 0.4) is 0 Å². The topological polar surface area (TPSA) is 50.4 Å². The highest BCUT2D eigenvalue weighted by Gasteiger charge is 2.33. The number of hydrogen-bond acceptors (Lipinski definition) is 1. The summed E-state index contributed by atoms with van der Waals surface area (Å²) in [7, 11) is 0. The van der Waals surface area contributed by atoms with Crippen molar-refractivity contribution < 1.29 is 0 Å². The fraction of sp³-hybridized carbons (Fsp3) is 0.952. The summed E-state index contributed by atoms with van der Waals surface area (Å²) in [5.74, 6) is 5.08. The predicted octanol–water partition coefficient (Wildman–Crippen LogP) is 4.81. The van der Waals surface area contributed by atoms with Gasteiger partial charge in [-0.15, -0.1) is 0 Å². The van der Waals surface area contributed by atoms with E-state index in [2.05, 4.69) is 46.9 Å². The Kier molecular flexibility index (Phi) is 7.00. The molecule has 0 radical (unpaired) electrons. The van der Waals surface area contributed by atoms with Gasteiger partial charge in [-0.3, -0.25) is 0 Å². The van der Waals surface area contributed by atoms with E-state index >= 15 is 0 Å². The minimum Gasteiger partial charge on any atom is -0.370 e. The summed E-state index contributed by atoms with van der Waals surface area (Å²) < 4.78 is 0. The Hall–Kier alpha value is -0.730. The Labute approximate surface area is 150 Å². The lowest BCUT2D eigenvalue weighted by atomic mass is 9.74. The van der Waals surface area contributed by atoms with Gasteiger partial charge in [0, 0.05) is 6.04 Å². The van der Waals surface area contributed by atoms with E-state index in [1.165, 1.54) is 38.5 Å². The molecule has 0 aromatic heterocycles. The number of nitrogens with one attached hydrogen (secondary N) is 1. The highest BCUT2D eigenvalue weighted by molar-refractivity contribution is 5.78. The molecule has 0 saturated heterocycles. The van der Waals surface area contributed by atoms with Crippen LogP contribution in [0.15, 0.2) is 4.99 Å². The maximum Gasteiger partial charge on any atom is 0.189 e. The minimum atomic E-state index is 0.403. The Morgan fingerprint density at radius 3 is 2.00 bits per heavy atom. The third-order valence-corrected chi connectivity index (χ3v) is 6.65. The molecular weight excluding hydrogens is 294 g/mol. The van der Waals surface area contributed by atoms with Crippen LogP contribution in [-0.4, -0.2) is 18.0 Å². The maximum atomic E-state index is 6.39. The zero-order chi connectivity index (χ0) is 17.9. The van der Waals surface area contributed by atoms with Crippen molar-refractivity contribution >= 4 is 5.96 Å². The van der Waals surface area contributed by atoms with Crippen molar-refractivity contribution in [1.82, 2.24) is 5.32 Å². The van der Waals surface area contributed by atoms with Gasteiger partial charge in [-0.1, -0.05) is 54.4 Å². The van der Waals surface area contributed by atoms with Gasteiger partial charge in [0.05, 0.1) is 6.04 Å². The number of rotatable bonds is 4. The molecule has 0 amide bonds. The van der Waals surface area contributed by atoms with E-state index < -0.39 is 0 Å². The zero-order valence-electron chi connectivity index (χ0n) is 16.9. The molecule has 6 atom stereocenters. The SMILES string of the molecule is CC(C)[C@@H]1CC[C@@H](C)C[C@@H]1N=C(N)N[C@H]1C[C@H](C)CC[C@H]1C(C)C. The predicted molar refractivity (Wildman–Crippen MR) is 105 cm³/mol. The summed E-state index contributed by atoms with van der Waals surface area (Å²) >= 11 is 0. The van der Waals surface area contributed by atoms with E-state index in [9.17, 15) is 0 Å². The molecule has 2 aliphatic rings. The van der Waals surface area contributed by atoms with Crippen molar-refractivity contribution in [1.29, 1.82) is 0 Å². The second-order valence-electron chi connectivity index (χ2n) is 9.48. The zero-order valence-corrected chi connectivity index (χ0v) is 16.9. The summed E-state index contributed by atoms with van der Waals surface area (Å²) in [6.45, 7) is 14.1. The van der Waals surface area contributed by atoms with Crippen molar-refractivity contribution in [3.05, 3.63) is 0 Å². The van der Waals surface area contributed by atoms with Gasteiger partial charge >= 0.3 is 0 Å². The van der Waals surface area contributed by atoms with Crippen LogP contribution in [0.5, 0.6) is 0 Å². The lowest BCUT2D eigenvalue weighted by Gasteiger charge is -2.39. The summed E-state index contributed by atoms with van der Waals surface area (Å²) in [6, 6.07) is 0.899. The van der Waals surface area contributed by atoms with Crippen LogP contribution in [0.2, 0.25) is 0 Å². The first-order valence-corrected chi connectivity index (χ1v) is 10.4. The third kappa shape index (κ3) is 5.13. The van der Waals surface area contributed by atoms with Gasteiger partial charge in [0.25, 0.3) is 0 Å². The molecule has 0 aromatic rings. The highest BCUT2D eigenvalue weighted by atomic mass is 15.1. The number of hydrogen-bond donors (Lipinski definition) is 2. The van der Waals surface area contributed by atoms with Gasteiger partial charge in [0.1, 0.15) is 0 Å². The Morgan fingerprint density at radius 2 is 1.42 bits per heavy atom. The molecule has 140 valence electrons. The van der Waals surface area contributed by atoms with Crippen LogP contribution in [0.4, 0.5) is 0 Å². The molecule has 0 unspecified atom stereocenters. The fourth-order valence-corrected chi connectivity index (χ4v) is 5.07. The number of aliphatic imine (C=N–C) groups is 1. The van der Waals surface area contributed by atoms with Crippen LogP contribution in [0, 0.1) is 35.5 Å². The van der Waals surface area contributed by atoms with E-state index in [0.717, 1.165) is 17.8 Å². The second-order valence-corrected chi connectivity index (χ2v) is 9.48. The Balaban J connectivity index is 2.05. The first kappa shape index (κ1) is 19.6. The highest BCUT2D eigenvalue weighted by Crippen LogP contribution is 2.36. The maximum absolute atomic E-state index is 6.39. The average molecular weight is 336 g/mol. The standard InChI is InChI=1S/C21H41N3/c1-13(2)17-9-7-15(5)11-19(17)23-21(22)24-20-12-16(6)8-10-18(20)14(3)4/h13-20H,7-12H2,1-6H3,(H3,22,23,24)/t15-,16-,17+,18+,19+,20+/m1/s1. The van der Waals surface area contributed by atoms with Crippen LogP contribution in [0.1, 0.15) is 80.1 Å². The molecule has 0 aliphatic heterocycles. The lowest BCUT2D eigenvalue weighted by Crippen LogP contribution is -2.49. The Bertz CT molecular complexity index is 415. The van der Waals surface area contributed by atoms with Crippen LogP contribution in [-0.2, 0) is 0 Å². The van der Waals surface area contributed by atoms with E-state index in [0.29, 0.717) is 35.8 Å². The van der Waals surface area contributed by atoms with Crippen LogP contribution < -0.4 is 11.1 Å². The molecule has 0 bridgehead atoms. The van der Waals surface area contributed by atoms with Gasteiger partial charge < -0.3 is 11.1 Å². The van der Waals surface area contributed by atoms with Gasteiger partial charge in [0.15, 0.2) is 5.96 Å². The normalized spacial score (nSPS) is 38.6. The van der Waals surface area contributed by atoms with Gasteiger partial charge in [-0.2, -0.15) is 0 Å². The molecule has 2 aliphatic carbocycles. The monoisotopic (exact) mass is 335 g/mol. The number of nitrogens with zero attached hydrogens (tertiary/aromatic N) is 1. The Morgan fingerprint density at radius 1 is 0.875 bits per heavy atom. The molecule has 0 aromatic carbocycles. The molecule has 2 rings (SSSR count). The largest absolute Gasteiger partial charge is 0.370 e. The lowest BCUT2D eigenvalue weighted by molar-refractivity contribution is 0.183. The quantitative estimate of drug-likeness (QED) is 0.572. The van der Waals surface area contributed by atoms with Gasteiger partial charge in [0.2, 0.25) is 0 Å². The van der Waals surface area contributed by atoms with E-state index in [-0.39, 0.29) is 0 Å². The van der Waals surface area contributed by atoms with E-state index in [4.69, 9.17) is 10.7 Å². The van der Waals surface area contributed by atoms with Gasteiger partial charge in [-0.25, -0.2) is 4.99 Å². The van der Waals surface area contributed by atoms with Crippen molar-refractivity contribution in [2.24, 2.45) is 46.2 Å². The average Bonchev–Trinajstić information content (AvgIpc) is 2.46. The minimum absolute atomic E-state index is 0.403. The number of guanidine groups is 1. The number of nitrogens with two attached hydrogens (primary N) is 1. The fourth-order valence-electron chi connectivity index (χ4n) is 5.07. The van der Waals surface area contributed by atoms with Crippen molar-refractivity contribution in [3.8, 4) is 0 Å². The molecule has 2 saturated carbocycles. The molecular formula is C21H41N3. The molecule has 2 fully saturated rings. The van der Waals surface area contributed by atoms with Crippen LogP contribution in [0.25, 0.3) is 0 Å². The van der Waals surface area contributed by atoms with Crippen molar-refractivity contribution in [2.75, 3.05) is 0 Å². The third-order valence-electron chi connectivity index (χ3n) is 6.65. The summed E-state index contributed by atoms with van der Waals surface area (Å²) in [4.78, 5) is 4.99. The summed E-state index contributed by atoms with van der Waals surface area (Å²) in [5.41, 5.74) is 6.39. The van der Waals surface area contributed by atoms with Crippen molar-refractivity contribution in [2.45, 2.75) is 92.2 Å². The van der Waals surface area contributed by atoms with Crippen molar-refractivity contribution in [3.63, 3.8) is 0 Å². The van der Waals surface area contributed by atoms with Gasteiger partial charge in [-0.05, 0) is 61.2 Å².